The molecule has 51 heavy (non-hydrogen) atoms. The molecule has 0 saturated heterocycles. The topological polar surface area (TPSA) is 38.9 Å². The Hall–Kier alpha value is -6.72. The van der Waals surface area contributed by atoms with Gasteiger partial charge in [-0.3, -0.25) is 9.13 Å². The number of hydrogen-bond donors (Lipinski definition) is 0. The van der Waals surface area contributed by atoms with E-state index >= 15 is 0 Å². The Bertz CT molecular complexity index is 2540. The lowest BCUT2D eigenvalue weighted by Gasteiger charge is -2.29. The first-order valence-corrected chi connectivity index (χ1v) is 17.4. The molecule has 0 aliphatic carbocycles. The Labute approximate surface area is 296 Å². The molecule has 242 valence electrons. The quantitative estimate of drug-likeness (QED) is 0.179. The molecule has 0 amide bonds. The van der Waals surface area contributed by atoms with E-state index in [1.165, 1.54) is 22.5 Å². The number of rotatable bonds is 6. The summed E-state index contributed by atoms with van der Waals surface area (Å²) < 4.78 is 4.58. The van der Waals surface area contributed by atoms with Crippen molar-refractivity contribution in [2.45, 2.75) is 12.5 Å². The lowest BCUT2D eigenvalue weighted by atomic mass is 9.96. The lowest BCUT2D eigenvalue weighted by Crippen LogP contribution is -2.20. The molecular formula is C46H33N5. The summed E-state index contributed by atoms with van der Waals surface area (Å²) >= 11 is 0. The molecule has 0 spiro atoms. The van der Waals surface area contributed by atoms with Gasteiger partial charge in [0.15, 0.2) is 0 Å². The van der Waals surface area contributed by atoms with Crippen molar-refractivity contribution in [3.8, 4) is 34.2 Å². The lowest BCUT2D eigenvalue weighted by molar-refractivity contribution is 0.743. The molecule has 9 aromatic rings. The van der Waals surface area contributed by atoms with E-state index in [0.717, 1.165) is 62.6 Å². The van der Waals surface area contributed by atoms with Crippen molar-refractivity contribution in [3.63, 3.8) is 0 Å². The van der Waals surface area contributed by atoms with Crippen molar-refractivity contribution >= 4 is 33.4 Å². The van der Waals surface area contributed by atoms with Gasteiger partial charge in [-0.25, -0.2) is 9.97 Å². The van der Waals surface area contributed by atoms with E-state index in [0.29, 0.717) is 0 Å². The number of nitrogens with zero attached hydrogens (tertiary/aromatic N) is 5. The van der Waals surface area contributed by atoms with Gasteiger partial charge >= 0.3 is 0 Å². The standard InChI is InChI=1S/C46H33N5/c1-4-17-36(18-5-1)49-41-25-13-10-16-32(41)31-44(49)33-28-34(45-47-39-23-11-14-26-42(39)50(45)37-19-6-2-7-20-37)30-35(29-33)46-48-40-24-12-15-27-43(40)51(46)38-21-8-3-9-22-38/h1-30,44H,31H2. The number of benzene rings is 7. The summed E-state index contributed by atoms with van der Waals surface area (Å²) in [6.07, 6.45) is 0.887. The van der Waals surface area contributed by atoms with Gasteiger partial charge in [-0.15, -0.1) is 0 Å². The van der Waals surface area contributed by atoms with Gasteiger partial charge < -0.3 is 4.90 Å². The third-order valence-corrected chi connectivity index (χ3v) is 10.0. The molecule has 0 saturated carbocycles. The van der Waals surface area contributed by atoms with Crippen LogP contribution in [-0.4, -0.2) is 19.1 Å². The molecule has 0 fully saturated rings. The second kappa shape index (κ2) is 12.0. The van der Waals surface area contributed by atoms with Crippen molar-refractivity contribution in [1.82, 2.24) is 19.1 Å². The van der Waals surface area contributed by atoms with Crippen LogP contribution in [0, 0.1) is 0 Å². The molecule has 0 bridgehead atoms. The van der Waals surface area contributed by atoms with Gasteiger partial charge in [0.2, 0.25) is 0 Å². The van der Waals surface area contributed by atoms with Crippen LogP contribution in [0.2, 0.25) is 0 Å². The van der Waals surface area contributed by atoms with Crippen LogP contribution in [0.3, 0.4) is 0 Å². The fraction of sp³-hybridized carbons (Fsp3) is 0.0435. The first kappa shape index (κ1) is 29.2. The van der Waals surface area contributed by atoms with E-state index in [1.807, 2.05) is 0 Å². The molecule has 3 heterocycles. The average molecular weight is 656 g/mol. The molecule has 1 unspecified atom stereocenters. The largest absolute Gasteiger partial charge is 0.333 e. The third-order valence-electron chi connectivity index (χ3n) is 10.0. The molecule has 1 aliphatic heterocycles. The fourth-order valence-corrected chi connectivity index (χ4v) is 7.78. The van der Waals surface area contributed by atoms with Gasteiger partial charge in [0.05, 0.1) is 28.1 Å². The summed E-state index contributed by atoms with van der Waals surface area (Å²) in [5.74, 6) is 1.80. The van der Waals surface area contributed by atoms with Crippen LogP contribution in [-0.2, 0) is 6.42 Å². The van der Waals surface area contributed by atoms with E-state index in [9.17, 15) is 0 Å². The van der Waals surface area contributed by atoms with Gasteiger partial charge in [0.25, 0.3) is 0 Å². The molecular weight excluding hydrogens is 623 g/mol. The average Bonchev–Trinajstić information content (AvgIpc) is 3.91. The Balaban J connectivity index is 1.26. The van der Waals surface area contributed by atoms with E-state index in [-0.39, 0.29) is 6.04 Å². The van der Waals surface area contributed by atoms with Gasteiger partial charge in [-0.05, 0) is 102 Å². The zero-order valence-corrected chi connectivity index (χ0v) is 27.8. The second-order valence-corrected chi connectivity index (χ2v) is 13.1. The molecule has 1 atom stereocenters. The van der Waals surface area contributed by atoms with Crippen LogP contribution < -0.4 is 4.90 Å². The SMILES string of the molecule is c1ccc(N2c3ccccc3CC2c2cc(-c3nc4ccccc4n3-c3ccccc3)cc(-c3nc4ccccc4n3-c3ccccc3)c2)cc1. The Morgan fingerprint density at radius 3 is 1.43 bits per heavy atom. The molecule has 2 aromatic heterocycles. The Morgan fingerprint density at radius 1 is 0.431 bits per heavy atom. The molecule has 7 aromatic carbocycles. The van der Waals surface area contributed by atoms with Gasteiger partial charge in [0.1, 0.15) is 11.6 Å². The van der Waals surface area contributed by atoms with Crippen molar-refractivity contribution < 1.29 is 0 Å². The smallest absolute Gasteiger partial charge is 0.145 e. The van der Waals surface area contributed by atoms with Gasteiger partial charge in [-0.2, -0.15) is 0 Å². The van der Waals surface area contributed by atoms with Gasteiger partial charge in [-0.1, -0.05) is 97.1 Å². The van der Waals surface area contributed by atoms with E-state index in [1.54, 1.807) is 0 Å². The summed E-state index contributed by atoms with van der Waals surface area (Å²) in [5, 5.41) is 0. The van der Waals surface area contributed by atoms with Crippen molar-refractivity contribution in [3.05, 3.63) is 193 Å². The highest BCUT2D eigenvalue weighted by Gasteiger charge is 2.32. The number of hydrogen-bond acceptors (Lipinski definition) is 3. The van der Waals surface area contributed by atoms with Crippen LogP contribution in [0.5, 0.6) is 0 Å². The number of imidazole rings is 2. The monoisotopic (exact) mass is 655 g/mol. The molecule has 5 nitrogen and oxygen atoms in total. The highest BCUT2D eigenvalue weighted by Crippen LogP contribution is 2.47. The van der Waals surface area contributed by atoms with Crippen LogP contribution in [0.4, 0.5) is 11.4 Å². The molecule has 0 radical (unpaired) electrons. The zero-order chi connectivity index (χ0) is 33.7. The predicted molar refractivity (Wildman–Crippen MR) is 208 cm³/mol. The van der Waals surface area contributed by atoms with Crippen LogP contribution in [0.15, 0.2) is 182 Å². The minimum absolute atomic E-state index is 0.0626. The number of anilines is 2. The first-order chi connectivity index (χ1) is 25.3. The maximum absolute atomic E-state index is 5.32. The maximum atomic E-state index is 5.32. The molecule has 1 aliphatic rings. The van der Waals surface area contributed by atoms with Gasteiger partial charge in [0, 0.05) is 33.9 Å². The summed E-state index contributed by atoms with van der Waals surface area (Å²) in [6.45, 7) is 0. The minimum atomic E-state index is 0.0626. The third kappa shape index (κ3) is 4.93. The van der Waals surface area contributed by atoms with Crippen LogP contribution in [0.25, 0.3) is 56.2 Å². The first-order valence-electron chi connectivity index (χ1n) is 17.4. The second-order valence-electron chi connectivity index (χ2n) is 13.1. The van der Waals surface area contributed by atoms with E-state index < -0.39 is 0 Å². The Kier molecular flexibility index (Phi) is 6.88. The summed E-state index contributed by atoms with van der Waals surface area (Å²) in [6, 6.07) is 64.5. The van der Waals surface area contributed by atoms with Crippen LogP contribution in [0.1, 0.15) is 17.2 Å². The highest BCUT2D eigenvalue weighted by molar-refractivity contribution is 5.87. The number of para-hydroxylation sites is 8. The Morgan fingerprint density at radius 2 is 0.882 bits per heavy atom. The van der Waals surface area contributed by atoms with Crippen molar-refractivity contribution in [2.75, 3.05) is 4.90 Å². The van der Waals surface area contributed by atoms with Crippen LogP contribution >= 0.6 is 0 Å². The van der Waals surface area contributed by atoms with E-state index in [4.69, 9.17) is 9.97 Å². The fourth-order valence-electron chi connectivity index (χ4n) is 7.78. The predicted octanol–water partition coefficient (Wildman–Crippen LogP) is 11.1. The van der Waals surface area contributed by atoms with Crippen molar-refractivity contribution in [1.29, 1.82) is 0 Å². The number of aromatic nitrogens is 4. The normalized spacial score (nSPS) is 14.0. The summed E-state index contributed by atoms with van der Waals surface area (Å²) in [5.41, 5.74) is 13.2. The number of fused-ring (bicyclic) bond motifs is 3. The molecule has 5 heteroatoms. The molecule has 10 rings (SSSR count). The van der Waals surface area contributed by atoms with Crippen molar-refractivity contribution in [2.24, 2.45) is 0 Å². The summed E-state index contributed by atoms with van der Waals surface area (Å²) in [7, 11) is 0. The minimum Gasteiger partial charge on any atom is -0.333 e. The summed E-state index contributed by atoms with van der Waals surface area (Å²) in [4.78, 5) is 13.1. The maximum Gasteiger partial charge on any atom is 0.145 e. The highest BCUT2D eigenvalue weighted by atomic mass is 15.2. The molecule has 0 N–H and O–H groups in total. The zero-order valence-electron chi connectivity index (χ0n) is 27.8. The van der Waals surface area contributed by atoms with E-state index in [2.05, 4.69) is 196 Å².